The first-order chi connectivity index (χ1) is 13.9. The molecule has 30 heavy (non-hydrogen) atoms. The third-order valence-electron chi connectivity index (χ3n) is 5.72. The van der Waals surface area contributed by atoms with Crippen molar-refractivity contribution in [1.29, 1.82) is 0 Å². The van der Waals surface area contributed by atoms with Gasteiger partial charge in [-0.05, 0) is 59.1 Å². The molecule has 166 valence electrons. The molecule has 3 rings (SSSR count). The van der Waals surface area contributed by atoms with Crippen LogP contribution >= 0.6 is 0 Å². The van der Waals surface area contributed by atoms with Gasteiger partial charge in [0.25, 0.3) is 10.0 Å². The predicted molar refractivity (Wildman–Crippen MR) is 119 cm³/mol. The number of rotatable bonds is 6. The highest BCUT2D eigenvalue weighted by Gasteiger charge is 2.41. The van der Waals surface area contributed by atoms with E-state index >= 15 is 0 Å². The number of sulfonamides is 1. The Bertz CT molecular complexity index is 921. The minimum Gasteiger partial charge on any atom is -0.338 e. The number of hydrogen-bond acceptors (Lipinski definition) is 5. The molecule has 1 amide bonds. The van der Waals surface area contributed by atoms with Crippen LogP contribution in [0.25, 0.3) is 0 Å². The number of fused-ring (bicyclic) bond motifs is 1. The standard InChI is InChI=1S/C22H34N4O3S/c1-6-7-12-26(16-13-21(2,3)25-22(4,5)14-16)19(27)15-23-20-17-10-8-9-11-18(17)30(28,29)24-20/h8-11,16,25H,6-7,12-15H2,1-5H3,(H,23,24). The summed E-state index contributed by atoms with van der Waals surface area (Å²) in [4.78, 5) is 19.8. The predicted octanol–water partition coefficient (Wildman–Crippen LogP) is 2.66. The molecule has 2 heterocycles. The van der Waals surface area contributed by atoms with Crippen LogP contribution in [-0.4, -0.2) is 55.3 Å². The van der Waals surface area contributed by atoms with Crippen molar-refractivity contribution < 1.29 is 13.2 Å². The van der Waals surface area contributed by atoms with Crippen molar-refractivity contribution in [2.24, 2.45) is 4.99 Å². The van der Waals surface area contributed by atoms with E-state index in [0.717, 1.165) is 25.7 Å². The number of carbonyl (C=O) groups excluding carboxylic acids is 1. The summed E-state index contributed by atoms with van der Waals surface area (Å²) in [6.45, 7) is 11.4. The Morgan fingerprint density at radius 1 is 1.17 bits per heavy atom. The van der Waals surface area contributed by atoms with E-state index in [0.29, 0.717) is 12.1 Å². The molecule has 0 aromatic heterocycles. The van der Waals surface area contributed by atoms with Crippen molar-refractivity contribution in [3.8, 4) is 0 Å². The quantitative estimate of drug-likeness (QED) is 0.720. The summed E-state index contributed by atoms with van der Waals surface area (Å²) in [6, 6.07) is 6.84. The van der Waals surface area contributed by atoms with Crippen molar-refractivity contribution in [1.82, 2.24) is 14.9 Å². The molecule has 0 aliphatic carbocycles. The Labute approximate surface area is 180 Å². The number of piperidine rings is 1. The lowest BCUT2D eigenvalue weighted by Crippen LogP contribution is -2.63. The first-order valence-corrected chi connectivity index (χ1v) is 12.2. The lowest BCUT2D eigenvalue weighted by molar-refractivity contribution is -0.133. The zero-order valence-electron chi connectivity index (χ0n) is 18.7. The van der Waals surface area contributed by atoms with Crippen LogP contribution in [0.3, 0.4) is 0 Å². The van der Waals surface area contributed by atoms with Gasteiger partial charge in [0, 0.05) is 29.2 Å². The molecule has 0 saturated carbocycles. The van der Waals surface area contributed by atoms with Crippen molar-refractivity contribution in [2.75, 3.05) is 13.1 Å². The van der Waals surface area contributed by atoms with Crippen molar-refractivity contribution in [3.63, 3.8) is 0 Å². The van der Waals surface area contributed by atoms with Crippen LogP contribution < -0.4 is 10.0 Å². The number of nitrogens with one attached hydrogen (secondary N) is 2. The van der Waals surface area contributed by atoms with E-state index in [4.69, 9.17) is 0 Å². The molecule has 1 saturated heterocycles. The summed E-state index contributed by atoms with van der Waals surface area (Å²) < 4.78 is 27.0. The van der Waals surface area contributed by atoms with E-state index in [-0.39, 0.29) is 40.3 Å². The number of amidine groups is 1. The number of amides is 1. The minimum atomic E-state index is -3.60. The number of carbonyl (C=O) groups is 1. The number of hydrogen-bond donors (Lipinski definition) is 2. The molecule has 0 radical (unpaired) electrons. The summed E-state index contributed by atoms with van der Waals surface area (Å²) in [5.41, 5.74) is 0.390. The number of nitrogens with zero attached hydrogens (tertiary/aromatic N) is 2. The van der Waals surface area contributed by atoms with Gasteiger partial charge in [-0.3, -0.25) is 14.5 Å². The van der Waals surface area contributed by atoms with E-state index in [2.05, 4.69) is 49.6 Å². The molecular weight excluding hydrogens is 400 g/mol. The molecule has 0 bridgehead atoms. The van der Waals surface area contributed by atoms with Gasteiger partial charge in [0.2, 0.25) is 5.91 Å². The van der Waals surface area contributed by atoms with Crippen molar-refractivity contribution in [2.45, 2.75) is 82.3 Å². The highest BCUT2D eigenvalue weighted by Crippen LogP contribution is 2.32. The van der Waals surface area contributed by atoms with Crippen molar-refractivity contribution >= 4 is 21.8 Å². The van der Waals surface area contributed by atoms with Gasteiger partial charge >= 0.3 is 0 Å². The zero-order valence-corrected chi connectivity index (χ0v) is 19.5. The van der Waals surface area contributed by atoms with Crippen LogP contribution in [0.15, 0.2) is 34.2 Å². The molecule has 1 fully saturated rings. The van der Waals surface area contributed by atoms with E-state index in [9.17, 15) is 13.2 Å². The summed E-state index contributed by atoms with van der Waals surface area (Å²) in [5.74, 6) is 0.193. The molecule has 0 unspecified atom stereocenters. The van der Waals surface area contributed by atoms with Crippen LogP contribution in [0.5, 0.6) is 0 Å². The average molecular weight is 435 g/mol. The molecule has 7 nitrogen and oxygen atoms in total. The van der Waals surface area contributed by atoms with Crippen LogP contribution in [-0.2, 0) is 14.8 Å². The Kier molecular flexibility index (Phi) is 6.30. The molecule has 1 aromatic carbocycles. The summed E-state index contributed by atoms with van der Waals surface area (Å²) in [7, 11) is -3.60. The van der Waals surface area contributed by atoms with Gasteiger partial charge in [0.1, 0.15) is 12.4 Å². The van der Waals surface area contributed by atoms with Gasteiger partial charge in [-0.2, -0.15) is 0 Å². The van der Waals surface area contributed by atoms with E-state index < -0.39 is 10.0 Å². The third-order valence-corrected chi connectivity index (χ3v) is 7.11. The molecule has 0 atom stereocenters. The van der Waals surface area contributed by atoms with Crippen LogP contribution in [0.2, 0.25) is 0 Å². The van der Waals surface area contributed by atoms with Crippen molar-refractivity contribution in [3.05, 3.63) is 29.8 Å². The highest BCUT2D eigenvalue weighted by molar-refractivity contribution is 7.90. The highest BCUT2D eigenvalue weighted by atomic mass is 32.2. The van der Waals surface area contributed by atoms with Crippen LogP contribution in [0.4, 0.5) is 0 Å². The molecule has 1 aromatic rings. The number of unbranched alkanes of at least 4 members (excludes halogenated alkanes) is 1. The largest absolute Gasteiger partial charge is 0.338 e. The second-order valence-electron chi connectivity index (χ2n) is 9.66. The van der Waals surface area contributed by atoms with Gasteiger partial charge < -0.3 is 10.2 Å². The fourth-order valence-electron chi connectivity index (χ4n) is 4.82. The number of aliphatic imine (C=N–C) groups is 1. The molecule has 2 aliphatic heterocycles. The molecule has 8 heteroatoms. The fraction of sp³-hybridized carbons (Fsp3) is 0.636. The van der Waals surface area contributed by atoms with E-state index in [1.54, 1.807) is 24.3 Å². The maximum Gasteiger partial charge on any atom is 0.263 e. The SMILES string of the molecule is CCCCN(C(=O)CN=C1NS(=O)(=O)c2ccccc21)C1CC(C)(C)NC(C)(C)C1. The van der Waals surface area contributed by atoms with E-state index in [1.807, 2.05) is 4.90 Å². The lowest BCUT2D eigenvalue weighted by Gasteiger charge is -2.49. The van der Waals surface area contributed by atoms with Gasteiger partial charge in [0.05, 0.1) is 4.90 Å². The normalized spacial score (nSPS) is 23.0. The lowest BCUT2D eigenvalue weighted by atomic mass is 9.79. The molecule has 2 N–H and O–H groups in total. The Morgan fingerprint density at radius 3 is 2.43 bits per heavy atom. The zero-order chi connectivity index (χ0) is 22.2. The number of benzene rings is 1. The second kappa shape index (κ2) is 8.30. The summed E-state index contributed by atoms with van der Waals surface area (Å²) in [6.07, 6.45) is 3.68. The maximum absolute atomic E-state index is 13.2. The van der Waals surface area contributed by atoms with Gasteiger partial charge in [-0.25, -0.2) is 8.42 Å². The Morgan fingerprint density at radius 2 is 1.80 bits per heavy atom. The molecular formula is C22H34N4O3S. The Hall–Kier alpha value is -1.93. The van der Waals surface area contributed by atoms with Gasteiger partial charge in [-0.15, -0.1) is 0 Å². The minimum absolute atomic E-state index is 0.0574. The van der Waals surface area contributed by atoms with Gasteiger partial charge in [-0.1, -0.05) is 25.5 Å². The second-order valence-corrected chi connectivity index (χ2v) is 11.3. The van der Waals surface area contributed by atoms with E-state index in [1.165, 1.54) is 0 Å². The first kappa shape index (κ1) is 22.7. The first-order valence-electron chi connectivity index (χ1n) is 10.7. The van der Waals surface area contributed by atoms with Gasteiger partial charge in [0.15, 0.2) is 0 Å². The van der Waals surface area contributed by atoms with Crippen LogP contribution in [0.1, 0.15) is 65.9 Å². The van der Waals surface area contributed by atoms with Crippen LogP contribution in [0, 0.1) is 0 Å². The summed E-state index contributed by atoms with van der Waals surface area (Å²) in [5, 5.41) is 3.67. The fourth-order valence-corrected chi connectivity index (χ4v) is 6.07. The monoisotopic (exact) mass is 434 g/mol. The molecule has 0 spiro atoms. The Balaban J connectivity index is 1.81. The third kappa shape index (κ3) is 5.03. The molecule has 2 aliphatic rings. The average Bonchev–Trinajstić information content (AvgIpc) is 2.88. The smallest absolute Gasteiger partial charge is 0.263 e. The topological polar surface area (TPSA) is 90.9 Å². The summed E-state index contributed by atoms with van der Waals surface area (Å²) >= 11 is 0. The maximum atomic E-state index is 13.2.